The molecule has 12 nitrogen and oxygen atoms in total. The summed E-state index contributed by atoms with van der Waals surface area (Å²) in [5, 5.41) is 25.5. The predicted octanol–water partition coefficient (Wildman–Crippen LogP) is -1.09. The largest absolute Gasteiger partial charge is 0.481 e. The van der Waals surface area contributed by atoms with Gasteiger partial charge in [0.1, 0.15) is 18.1 Å². The van der Waals surface area contributed by atoms with Crippen molar-refractivity contribution in [2.24, 2.45) is 17.4 Å². The van der Waals surface area contributed by atoms with Crippen molar-refractivity contribution in [3.8, 4) is 0 Å². The standard InChI is InChI=1S/C20H37N5O7/c1-4-11(2)16(20(31)32)25-19(30)14(8-9-15(26)27)24-17(28)12(3)23-18(29)13(22)7-5-6-10-21/h11-14,16H,4-10,21-22H2,1-3H3,(H,23,29)(H,24,28)(H,25,30)(H,26,27)(H,31,32). The number of hydrogen-bond acceptors (Lipinski definition) is 7. The van der Waals surface area contributed by atoms with Gasteiger partial charge in [-0.25, -0.2) is 4.79 Å². The van der Waals surface area contributed by atoms with Crippen LogP contribution in [0.3, 0.4) is 0 Å². The van der Waals surface area contributed by atoms with Crippen molar-refractivity contribution < 1.29 is 34.2 Å². The SMILES string of the molecule is CCC(C)C(NC(=O)C(CCC(=O)O)NC(=O)C(C)NC(=O)C(N)CCCCN)C(=O)O. The molecule has 0 saturated heterocycles. The quantitative estimate of drug-likeness (QED) is 0.139. The van der Waals surface area contributed by atoms with E-state index in [4.69, 9.17) is 16.6 Å². The van der Waals surface area contributed by atoms with Crippen LogP contribution in [0.4, 0.5) is 0 Å². The number of nitrogens with one attached hydrogen (secondary N) is 3. The minimum Gasteiger partial charge on any atom is -0.481 e. The molecule has 32 heavy (non-hydrogen) atoms. The van der Waals surface area contributed by atoms with Gasteiger partial charge in [0.25, 0.3) is 0 Å². The Morgan fingerprint density at radius 3 is 2.00 bits per heavy atom. The van der Waals surface area contributed by atoms with Gasteiger partial charge in [0.05, 0.1) is 6.04 Å². The number of carboxylic acid groups (broad SMARTS) is 2. The highest BCUT2D eigenvalue weighted by atomic mass is 16.4. The van der Waals surface area contributed by atoms with E-state index in [1.54, 1.807) is 13.8 Å². The average molecular weight is 460 g/mol. The lowest BCUT2D eigenvalue weighted by atomic mass is 9.98. The number of aliphatic carboxylic acids is 2. The Morgan fingerprint density at radius 2 is 1.50 bits per heavy atom. The van der Waals surface area contributed by atoms with Gasteiger partial charge in [-0.15, -0.1) is 0 Å². The van der Waals surface area contributed by atoms with E-state index >= 15 is 0 Å². The fourth-order valence-corrected chi connectivity index (χ4v) is 2.80. The normalized spacial score (nSPS) is 15.5. The maximum atomic E-state index is 12.6. The minimum atomic E-state index is -1.29. The molecule has 12 heteroatoms. The van der Waals surface area contributed by atoms with Crippen LogP contribution in [0.1, 0.15) is 59.3 Å². The van der Waals surface area contributed by atoms with Crippen molar-refractivity contribution in [2.45, 2.75) is 83.5 Å². The highest BCUT2D eigenvalue weighted by molar-refractivity contribution is 5.94. The Bertz CT molecular complexity index is 658. The van der Waals surface area contributed by atoms with Crippen molar-refractivity contribution >= 4 is 29.7 Å². The molecule has 0 spiro atoms. The number of carbonyl (C=O) groups is 5. The van der Waals surface area contributed by atoms with E-state index in [0.29, 0.717) is 32.2 Å². The number of rotatable bonds is 16. The smallest absolute Gasteiger partial charge is 0.326 e. The summed E-state index contributed by atoms with van der Waals surface area (Å²) in [6.07, 6.45) is 1.58. The van der Waals surface area contributed by atoms with Gasteiger partial charge in [0.15, 0.2) is 0 Å². The second-order valence-electron chi connectivity index (χ2n) is 7.82. The van der Waals surface area contributed by atoms with Gasteiger partial charge in [0, 0.05) is 6.42 Å². The third-order valence-electron chi connectivity index (χ3n) is 5.11. The Balaban J connectivity index is 5.13. The summed E-state index contributed by atoms with van der Waals surface area (Å²) >= 11 is 0. The summed E-state index contributed by atoms with van der Waals surface area (Å²) in [6.45, 7) is 5.29. The molecule has 0 rings (SSSR count). The zero-order valence-corrected chi connectivity index (χ0v) is 18.9. The van der Waals surface area contributed by atoms with Gasteiger partial charge in [-0.05, 0) is 38.6 Å². The highest BCUT2D eigenvalue weighted by Gasteiger charge is 2.31. The van der Waals surface area contributed by atoms with Crippen LogP contribution in [0, 0.1) is 5.92 Å². The van der Waals surface area contributed by atoms with E-state index in [2.05, 4.69) is 16.0 Å². The zero-order valence-electron chi connectivity index (χ0n) is 18.9. The second kappa shape index (κ2) is 15.1. The van der Waals surface area contributed by atoms with E-state index in [1.807, 2.05) is 0 Å². The Labute approximate surface area is 187 Å². The van der Waals surface area contributed by atoms with Crippen LogP contribution in [0.15, 0.2) is 0 Å². The molecule has 3 amide bonds. The highest BCUT2D eigenvalue weighted by Crippen LogP contribution is 2.09. The van der Waals surface area contributed by atoms with Crippen molar-refractivity contribution in [3.05, 3.63) is 0 Å². The lowest BCUT2D eigenvalue weighted by molar-refractivity contribution is -0.144. The van der Waals surface area contributed by atoms with Crippen molar-refractivity contribution in [2.75, 3.05) is 6.54 Å². The molecule has 0 heterocycles. The molecule has 5 atom stereocenters. The van der Waals surface area contributed by atoms with E-state index in [9.17, 15) is 29.1 Å². The van der Waals surface area contributed by atoms with Crippen LogP contribution in [0.5, 0.6) is 0 Å². The number of carbonyl (C=O) groups excluding carboxylic acids is 3. The Hall–Kier alpha value is -2.73. The van der Waals surface area contributed by atoms with Crippen molar-refractivity contribution in [1.29, 1.82) is 0 Å². The molecule has 0 aliphatic carbocycles. The number of hydrogen-bond donors (Lipinski definition) is 7. The maximum absolute atomic E-state index is 12.6. The topological polar surface area (TPSA) is 214 Å². The van der Waals surface area contributed by atoms with Gasteiger partial charge in [-0.2, -0.15) is 0 Å². The molecule has 0 aromatic rings. The molecule has 0 aromatic heterocycles. The lowest BCUT2D eigenvalue weighted by Gasteiger charge is -2.25. The lowest BCUT2D eigenvalue weighted by Crippen LogP contribution is -2.57. The van der Waals surface area contributed by atoms with Crippen LogP contribution in [-0.4, -0.2) is 70.6 Å². The van der Waals surface area contributed by atoms with Gasteiger partial charge >= 0.3 is 11.9 Å². The first kappa shape index (κ1) is 29.3. The molecule has 184 valence electrons. The van der Waals surface area contributed by atoms with Gasteiger partial charge in [0.2, 0.25) is 17.7 Å². The van der Waals surface area contributed by atoms with Gasteiger partial charge in [-0.3, -0.25) is 19.2 Å². The van der Waals surface area contributed by atoms with Crippen molar-refractivity contribution in [3.63, 3.8) is 0 Å². The molecule has 0 saturated carbocycles. The third kappa shape index (κ3) is 11.0. The molecular weight excluding hydrogens is 422 g/mol. The first-order valence-corrected chi connectivity index (χ1v) is 10.8. The first-order valence-electron chi connectivity index (χ1n) is 10.8. The van der Waals surface area contributed by atoms with Crippen molar-refractivity contribution in [1.82, 2.24) is 16.0 Å². The van der Waals surface area contributed by atoms with Crippen LogP contribution in [0.2, 0.25) is 0 Å². The number of nitrogens with two attached hydrogens (primary N) is 2. The third-order valence-corrected chi connectivity index (χ3v) is 5.11. The number of amides is 3. The zero-order chi connectivity index (χ0) is 24.8. The minimum absolute atomic E-state index is 0.251. The number of carboxylic acids is 2. The monoisotopic (exact) mass is 459 g/mol. The van der Waals surface area contributed by atoms with Crippen LogP contribution < -0.4 is 27.4 Å². The van der Waals surface area contributed by atoms with E-state index in [-0.39, 0.29) is 12.3 Å². The van der Waals surface area contributed by atoms with E-state index in [0.717, 1.165) is 0 Å². The van der Waals surface area contributed by atoms with Crippen LogP contribution in [-0.2, 0) is 24.0 Å². The van der Waals surface area contributed by atoms with Crippen LogP contribution in [0.25, 0.3) is 0 Å². The average Bonchev–Trinajstić information content (AvgIpc) is 2.73. The van der Waals surface area contributed by atoms with E-state index < -0.39 is 60.2 Å². The summed E-state index contributed by atoms with van der Waals surface area (Å²) in [4.78, 5) is 59.7. The fourth-order valence-electron chi connectivity index (χ4n) is 2.80. The van der Waals surface area contributed by atoms with E-state index in [1.165, 1.54) is 6.92 Å². The molecule has 0 bridgehead atoms. The molecule has 5 unspecified atom stereocenters. The molecule has 9 N–H and O–H groups in total. The Kier molecular flexibility index (Phi) is 13.8. The summed E-state index contributed by atoms with van der Waals surface area (Å²) in [7, 11) is 0. The summed E-state index contributed by atoms with van der Waals surface area (Å²) in [5.74, 6) is -4.89. The molecule has 0 fully saturated rings. The molecular formula is C20H37N5O7. The summed E-state index contributed by atoms with van der Waals surface area (Å²) in [5.41, 5.74) is 11.2. The first-order chi connectivity index (χ1) is 14.9. The molecule has 0 radical (unpaired) electrons. The number of unbranched alkanes of at least 4 members (excludes halogenated alkanes) is 1. The van der Waals surface area contributed by atoms with Gasteiger partial charge < -0.3 is 37.6 Å². The van der Waals surface area contributed by atoms with Crippen LogP contribution >= 0.6 is 0 Å². The second-order valence-corrected chi connectivity index (χ2v) is 7.82. The summed E-state index contributed by atoms with van der Waals surface area (Å²) in [6, 6.07) is -4.36. The molecule has 0 aliphatic rings. The fraction of sp³-hybridized carbons (Fsp3) is 0.750. The predicted molar refractivity (Wildman–Crippen MR) is 116 cm³/mol. The summed E-state index contributed by atoms with van der Waals surface area (Å²) < 4.78 is 0. The molecule has 0 aromatic carbocycles. The molecule has 0 aliphatic heterocycles. The maximum Gasteiger partial charge on any atom is 0.326 e. The van der Waals surface area contributed by atoms with Gasteiger partial charge in [-0.1, -0.05) is 26.7 Å². The Morgan fingerprint density at radius 1 is 0.875 bits per heavy atom.